The van der Waals surface area contributed by atoms with Crippen molar-refractivity contribution in [1.29, 1.82) is 0 Å². The van der Waals surface area contributed by atoms with Crippen molar-refractivity contribution in [2.45, 2.75) is 6.18 Å². The van der Waals surface area contributed by atoms with E-state index in [4.69, 9.17) is 10.8 Å². The predicted octanol–water partition coefficient (Wildman–Crippen LogP) is 1.33. The normalized spacial score (nSPS) is 11.3. The molecule has 0 saturated heterocycles. The number of anilines is 2. The van der Waals surface area contributed by atoms with Crippen molar-refractivity contribution in [2.24, 2.45) is 0 Å². The molecule has 1 aromatic rings. The summed E-state index contributed by atoms with van der Waals surface area (Å²) in [4.78, 5) is 14.5. The molecule has 118 valence electrons. The predicted molar refractivity (Wildman–Crippen MR) is 74.2 cm³/mol. The first-order chi connectivity index (χ1) is 9.65. The van der Waals surface area contributed by atoms with E-state index >= 15 is 0 Å². The van der Waals surface area contributed by atoms with Crippen LogP contribution in [0.2, 0.25) is 0 Å². The zero-order valence-electron chi connectivity index (χ0n) is 11.8. The van der Waals surface area contributed by atoms with E-state index in [0.29, 0.717) is 10.6 Å². The smallest absolute Gasteiger partial charge is 0.399 e. The molecule has 1 amide bonds. The summed E-state index contributed by atoms with van der Waals surface area (Å²) in [5.41, 5.74) is 6.41. The number of nitrogens with two attached hydrogens (primary N) is 1. The van der Waals surface area contributed by atoms with Crippen LogP contribution in [0.5, 0.6) is 0 Å². The minimum atomic E-state index is -4.54. The van der Waals surface area contributed by atoms with E-state index in [0.717, 1.165) is 0 Å². The number of carbonyl (C=O) groups excluding carboxylic acids is 1. The van der Waals surface area contributed by atoms with E-state index in [2.05, 4.69) is 0 Å². The molecule has 0 aromatic heterocycles. The lowest BCUT2D eigenvalue weighted by Gasteiger charge is -2.25. The molecule has 3 N–H and O–H groups in total. The first-order valence-corrected chi connectivity index (χ1v) is 6.19. The number of halogens is 3. The highest BCUT2D eigenvalue weighted by atomic mass is 19.4. The monoisotopic (exact) mass is 305 g/mol. The molecular weight excluding hydrogens is 287 g/mol. The third-order valence-corrected chi connectivity index (χ3v) is 2.76. The number of benzene rings is 1. The van der Waals surface area contributed by atoms with E-state index in [9.17, 15) is 18.0 Å². The van der Waals surface area contributed by atoms with E-state index in [-0.39, 0.29) is 11.3 Å². The van der Waals surface area contributed by atoms with E-state index in [1.165, 1.54) is 6.07 Å². The van der Waals surface area contributed by atoms with Crippen LogP contribution in [0.15, 0.2) is 18.2 Å². The number of carbonyl (C=O) groups is 1. The molecular formula is C13H18F3N3O2. The minimum absolute atomic E-state index is 0.0673. The number of nitrogens with zero attached hydrogens (tertiary/aromatic N) is 2. The Hall–Kier alpha value is -1.96. The third kappa shape index (κ3) is 4.82. The molecule has 1 rings (SSSR count). The molecule has 21 heavy (non-hydrogen) atoms. The van der Waals surface area contributed by atoms with Crippen molar-refractivity contribution in [2.75, 3.05) is 44.4 Å². The van der Waals surface area contributed by atoms with Crippen molar-refractivity contribution >= 4 is 17.3 Å². The summed E-state index contributed by atoms with van der Waals surface area (Å²) in [7, 11) is 3.34. The van der Waals surface area contributed by atoms with Crippen molar-refractivity contribution in [3.8, 4) is 0 Å². The second-order valence-electron chi connectivity index (χ2n) is 4.74. The Kier molecular flexibility index (Phi) is 5.42. The first kappa shape index (κ1) is 17.1. The molecule has 0 radical (unpaired) electrons. The summed E-state index contributed by atoms with van der Waals surface area (Å²) in [5, 5.41) is 8.87. The fourth-order valence-corrected chi connectivity index (χ4v) is 1.87. The van der Waals surface area contributed by atoms with Gasteiger partial charge in [-0.25, -0.2) is 0 Å². The molecule has 0 bridgehead atoms. The highest BCUT2D eigenvalue weighted by Gasteiger charge is 2.33. The van der Waals surface area contributed by atoms with Gasteiger partial charge in [0.25, 0.3) is 5.91 Å². The van der Waals surface area contributed by atoms with Gasteiger partial charge in [0.2, 0.25) is 0 Å². The number of amides is 1. The Balaban J connectivity index is 3.16. The van der Waals surface area contributed by atoms with Crippen LogP contribution in [0.25, 0.3) is 0 Å². The summed E-state index contributed by atoms with van der Waals surface area (Å²) in [5.74, 6) is -0.822. The van der Waals surface area contributed by atoms with Gasteiger partial charge < -0.3 is 20.6 Å². The summed E-state index contributed by atoms with van der Waals surface area (Å²) in [6, 6.07) is 4.46. The highest BCUT2D eigenvalue weighted by molar-refractivity contribution is 6.00. The maximum Gasteiger partial charge on any atom is 0.406 e. The van der Waals surface area contributed by atoms with Crippen LogP contribution in [-0.2, 0) is 0 Å². The van der Waals surface area contributed by atoms with E-state index in [1.54, 1.807) is 31.1 Å². The largest absolute Gasteiger partial charge is 0.406 e. The van der Waals surface area contributed by atoms with Crippen LogP contribution in [0.4, 0.5) is 24.5 Å². The third-order valence-electron chi connectivity index (χ3n) is 2.76. The van der Waals surface area contributed by atoms with Gasteiger partial charge in [-0.15, -0.1) is 0 Å². The zero-order valence-corrected chi connectivity index (χ0v) is 11.8. The summed E-state index contributed by atoms with van der Waals surface area (Å²) < 4.78 is 37.6. The molecule has 0 unspecified atom stereocenters. The van der Waals surface area contributed by atoms with Gasteiger partial charge in [0.05, 0.1) is 12.2 Å². The van der Waals surface area contributed by atoms with E-state index < -0.39 is 31.8 Å². The SMILES string of the molecule is CN(C)c1ccc(N)cc1C(=O)N(CCO)CC(F)(F)F. The number of alkyl halides is 3. The maximum atomic E-state index is 12.5. The van der Waals surface area contributed by atoms with Crippen LogP contribution in [0, 0.1) is 0 Å². The van der Waals surface area contributed by atoms with Gasteiger partial charge in [-0.1, -0.05) is 0 Å². The van der Waals surface area contributed by atoms with Crippen molar-refractivity contribution in [3.63, 3.8) is 0 Å². The number of hydrogen-bond acceptors (Lipinski definition) is 4. The summed E-state index contributed by atoms with van der Waals surface area (Å²) in [6.45, 7) is -2.38. The molecule has 1 aromatic carbocycles. The summed E-state index contributed by atoms with van der Waals surface area (Å²) in [6.07, 6.45) is -4.54. The number of rotatable bonds is 5. The molecule has 0 heterocycles. The molecule has 5 nitrogen and oxygen atoms in total. The molecule has 0 saturated carbocycles. The molecule has 0 aliphatic rings. The molecule has 0 atom stereocenters. The lowest BCUT2D eigenvalue weighted by Crippen LogP contribution is -2.41. The Labute approximate surface area is 120 Å². The Morgan fingerprint density at radius 1 is 1.33 bits per heavy atom. The Bertz CT molecular complexity index is 504. The number of aliphatic hydroxyl groups excluding tert-OH is 1. The van der Waals surface area contributed by atoms with Gasteiger partial charge in [-0.05, 0) is 18.2 Å². The van der Waals surface area contributed by atoms with Gasteiger partial charge >= 0.3 is 6.18 Å². The second kappa shape index (κ2) is 6.66. The fourth-order valence-electron chi connectivity index (χ4n) is 1.87. The standard InChI is InChI=1S/C13H18F3N3O2/c1-18(2)11-4-3-9(17)7-10(11)12(21)19(5-6-20)8-13(14,15)16/h3-4,7,20H,5-6,8,17H2,1-2H3. The van der Waals surface area contributed by atoms with Gasteiger partial charge in [0, 0.05) is 32.0 Å². The average molecular weight is 305 g/mol. The van der Waals surface area contributed by atoms with Gasteiger partial charge in [0.15, 0.2) is 0 Å². The molecule has 0 fully saturated rings. The average Bonchev–Trinajstić information content (AvgIpc) is 2.35. The number of nitrogen functional groups attached to an aromatic ring is 1. The van der Waals surface area contributed by atoms with Gasteiger partial charge in [-0.2, -0.15) is 13.2 Å². The van der Waals surface area contributed by atoms with Crippen molar-refractivity contribution in [1.82, 2.24) is 4.90 Å². The lowest BCUT2D eigenvalue weighted by atomic mass is 10.1. The fraction of sp³-hybridized carbons (Fsp3) is 0.462. The van der Waals surface area contributed by atoms with Crippen LogP contribution in [0.3, 0.4) is 0 Å². The van der Waals surface area contributed by atoms with Crippen LogP contribution in [0.1, 0.15) is 10.4 Å². The number of aliphatic hydroxyl groups is 1. The Morgan fingerprint density at radius 2 is 1.95 bits per heavy atom. The van der Waals surface area contributed by atoms with Crippen molar-refractivity contribution < 1.29 is 23.1 Å². The van der Waals surface area contributed by atoms with Crippen LogP contribution in [-0.4, -0.2) is 55.9 Å². The van der Waals surface area contributed by atoms with Gasteiger partial charge in [0.1, 0.15) is 6.54 Å². The van der Waals surface area contributed by atoms with Gasteiger partial charge in [-0.3, -0.25) is 4.79 Å². The zero-order chi connectivity index (χ0) is 16.2. The Morgan fingerprint density at radius 3 is 2.43 bits per heavy atom. The maximum absolute atomic E-state index is 12.5. The highest BCUT2D eigenvalue weighted by Crippen LogP contribution is 2.25. The summed E-state index contributed by atoms with van der Waals surface area (Å²) >= 11 is 0. The second-order valence-corrected chi connectivity index (χ2v) is 4.74. The number of hydrogen-bond donors (Lipinski definition) is 2. The minimum Gasteiger partial charge on any atom is -0.399 e. The van der Waals surface area contributed by atoms with E-state index in [1.807, 2.05) is 0 Å². The molecule has 0 spiro atoms. The lowest BCUT2D eigenvalue weighted by molar-refractivity contribution is -0.141. The van der Waals surface area contributed by atoms with Crippen LogP contribution >= 0.6 is 0 Å². The molecule has 0 aliphatic heterocycles. The topological polar surface area (TPSA) is 69.8 Å². The quantitative estimate of drug-likeness (QED) is 0.805. The molecule has 8 heteroatoms. The molecule has 0 aliphatic carbocycles. The van der Waals surface area contributed by atoms with Crippen LogP contribution < -0.4 is 10.6 Å². The van der Waals surface area contributed by atoms with Crippen molar-refractivity contribution in [3.05, 3.63) is 23.8 Å². The first-order valence-electron chi connectivity index (χ1n) is 6.19.